The van der Waals surface area contributed by atoms with E-state index < -0.39 is 11.7 Å². The Balaban J connectivity index is 1.76. The molecule has 0 saturated carbocycles. The summed E-state index contributed by atoms with van der Waals surface area (Å²) in [4.78, 5) is 23.0. The van der Waals surface area contributed by atoms with Crippen LogP contribution in [0.25, 0.3) is 6.08 Å². The van der Waals surface area contributed by atoms with Crippen LogP contribution < -0.4 is 0 Å². The minimum atomic E-state index is -4.38. The molecular weight excluding hydrogens is 379 g/mol. The van der Waals surface area contributed by atoms with Gasteiger partial charge in [0.25, 0.3) is 5.91 Å². The van der Waals surface area contributed by atoms with E-state index in [0.717, 1.165) is 6.07 Å². The van der Waals surface area contributed by atoms with E-state index in [9.17, 15) is 18.0 Å². The number of nitrogens with zero attached hydrogens (tertiary/aromatic N) is 3. The number of benzene rings is 1. The Hall–Kier alpha value is -2.96. The molecular formula is C22H22F3N3O. The number of rotatable bonds is 4. The predicted molar refractivity (Wildman–Crippen MR) is 107 cm³/mol. The average Bonchev–Trinajstić information content (AvgIpc) is 2.74. The van der Waals surface area contributed by atoms with Crippen LogP contribution in [0.2, 0.25) is 0 Å². The summed E-state index contributed by atoms with van der Waals surface area (Å²) >= 11 is 0. The fraction of sp³-hybridized carbons (Fsp3) is 0.318. The highest BCUT2D eigenvalue weighted by molar-refractivity contribution is 6.45. The Kier molecular flexibility index (Phi) is 6.15. The minimum absolute atomic E-state index is 0.235. The lowest BCUT2D eigenvalue weighted by atomic mass is 9.86. The van der Waals surface area contributed by atoms with Crippen molar-refractivity contribution in [3.63, 3.8) is 0 Å². The van der Waals surface area contributed by atoms with Crippen molar-refractivity contribution in [1.29, 1.82) is 0 Å². The lowest BCUT2D eigenvalue weighted by Gasteiger charge is -2.33. The van der Waals surface area contributed by atoms with Gasteiger partial charge in [0, 0.05) is 31.9 Å². The van der Waals surface area contributed by atoms with Crippen LogP contribution >= 0.6 is 0 Å². The van der Waals surface area contributed by atoms with E-state index in [1.165, 1.54) is 12.1 Å². The molecule has 0 unspecified atom stereocenters. The highest BCUT2D eigenvalue weighted by Crippen LogP contribution is 2.38. The van der Waals surface area contributed by atoms with Gasteiger partial charge in [-0.2, -0.15) is 13.2 Å². The third-order valence-corrected chi connectivity index (χ3v) is 5.20. The molecule has 1 aliphatic heterocycles. The standard InChI is InChI=1S/C22H22F3N3O/c1-3-19-17(8-6-12-27-19)20(26-2)21(29)28-13-10-15(11-14-28)16-7-4-5-9-18(16)22(23,24)25/h3-9,12,15H,1,10-11,13-14H2,2H3/b26-20+. The largest absolute Gasteiger partial charge is 0.416 e. The van der Waals surface area contributed by atoms with Gasteiger partial charge in [-0.25, -0.2) is 0 Å². The second kappa shape index (κ2) is 8.59. The molecule has 7 heteroatoms. The third-order valence-electron chi connectivity index (χ3n) is 5.20. The van der Waals surface area contributed by atoms with Crippen LogP contribution in [0, 0.1) is 0 Å². The maximum atomic E-state index is 13.3. The minimum Gasteiger partial charge on any atom is -0.337 e. The number of likely N-dealkylation sites (tertiary alicyclic amines) is 1. The Bertz CT molecular complexity index is 929. The number of carbonyl (C=O) groups excluding carboxylic acids is 1. The summed E-state index contributed by atoms with van der Waals surface area (Å²) in [5.41, 5.74) is 1.15. The summed E-state index contributed by atoms with van der Waals surface area (Å²) in [5.74, 6) is -0.479. The topological polar surface area (TPSA) is 45.6 Å². The normalized spacial score (nSPS) is 16.0. The summed E-state index contributed by atoms with van der Waals surface area (Å²) in [5, 5.41) is 0. The van der Waals surface area contributed by atoms with Crippen molar-refractivity contribution in [2.24, 2.45) is 4.99 Å². The molecule has 152 valence electrons. The van der Waals surface area contributed by atoms with Crippen molar-refractivity contribution < 1.29 is 18.0 Å². The zero-order chi connectivity index (χ0) is 21.0. The first-order valence-electron chi connectivity index (χ1n) is 9.36. The molecule has 1 saturated heterocycles. The van der Waals surface area contributed by atoms with Gasteiger partial charge < -0.3 is 4.90 Å². The van der Waals surface area contributed by atoms with Gasteiger partial charge in [0.15, 0.2) is 0 Å². The monoisotopic (exact) mass is 401 g/mol. The number of halogens is 3. The fourth-order valence-electron chi connectivity index (χ4n) is 3.77. The second-order valence-corrected chi connectivity index (χ2v) is 6.86. The first-order chi connectivity index (χ1) is 13.9. The Labute approximate surface area is 167 Å². The molecule has 1 aromatic heterocycles. The highest BCUT2D eigenvalue weighted by Gasteiger charge is 2.36. The van der Waals surface area contributed by atoms with Gasteiger partial charge in [0.2, 0.25) is 0 Å². The molecule has 1 aromatic carbocycles. The lowest BCUT2D eigenvalue weighted by Crippen LogP contribution is -2.42. The van der Waals surface area contributed by atoms with Crippen molar-refractivity contribution in [2.45, 2.75) is 24.9 Å². The predicted octanol–water partition coefficient (Wildman–Crippen LogP) is 4.57. The van der Waals surface area contributed by atoms with Gasteiger partial charge in [-0.05, 0) is 48.6 Å². The van der Waals surface area contributed by atoms with Gasteiger partial charge in [-0.1, -0.05) is 24.8 Å². The molecule has 29 heavy (non-hydrogen) atoms. The van der Waals surface area contributed by atoms with Gasteiger partial charge >= 0.3 is 6.18 Å². The van der Waals surface area contributed by atoms with E-state index in [1.807, 2.05) is 0 Å². The first kappa shape index (κ1) is 20.8. The van der Waals surface area contributed by atoms with Crippen LogP contribution in [-0.4, -0.2) is 41.6 Å². The average molecular weight is 401 g/mol. The number of pyridine rings is 1. The third kappa shape index (κ3) is 4.39. The maximum absolute atomic E-state index is 13.3. The Morgan fingerprint density at radius 1 is 1.21 bits per heavy atom. The number of aliphatic imine (C=N–C) groups is 1. The summed E-state index contributed by atoms with van der Waals surface area (Å²) in [6, 6.07) is 9.17. The molecule has 0 spiro atoms. The summed E-state index contributed by atoms with van der Waals surface area (Å²) in [7, 11) is 1.54. The number of hydrogen-bond acceptors (Lipinski definition) is 3. The molecule has 0 bridgehead atoms. The summed E-state index contributed by atoms with van der Waals surface area (Å²) in [6.07, 6.45) is -0.267. The highest BCUT2D eigenvalue weighted by atomic mass is 19.4. The van der Waals surface area contributed by atoms with E-state index in [4.69, 9.17) is 0 Å². The molecule has 3 rings (SSSR count). The number of hydrogen-bond donors (Lipinski definition) is 0. The lowest BCUT2D eigenvalue weighted by molar-refractivity contribution is -0.138. The zero-order valence-corrected chi connectivity index (χ0v) is 16.1. The van der Waals surface area contributed by atoms with E-state index >= 15 is 0 Å². The molecule has 0 atom stereocenters. The SMILES string of the molecule is C=Cc1ncccc1/C(=N\C)C(=O)N1CCC(c2ccccc2C(F)(F)F)CC1. The van der Waals surface area contributed by atoms with Crippen LogP contribution in [0.4, 0.5) is 13.2 Å². The number of carbonyl (C=O) groups is 1. The van der Waals surface area contributed by atoms with Gasteiger partial charge in [0.1, 0.15) is 5.71 Å². The van der Waals surface area contributed by atoms with Gasteiger partial charge in [0.05, 0.1) is 11.3 Å². The van der Waals surface area contributed by atoms with Crippen molar-refractivity contribution in [3.05, 3.63) is 71.6 Å². The molecule has 2 heterocycles. The number of piperidine rings is 1. The quantitative estimate of drug-likeness (QED) is 0.705. The maximum Gasteiger partial charge on any atom is 0.416 e. The number of aromatic nitrogens is 1. The van der Waals surface area contributed by atoms with Gasteiger partial charge in [-0.15, -0.1) is 0 Å². The molecule has 1 aliphatic rings. The Morgan fingerprint density at radius 3 is 2.52 bits per heavy atom. The molecule has 2 aromatic rings. The van der Waals surface area contributed by atoms with Crippen LogP contribution in [0.1, 0.15) is 41.1 Å². The van der Waals surface area contributed by atoms with Crippen LogP contribution in [0.15, 0.2) is 54.2 Å². The van der Waals surface area contributed by atoms with E-state index in [1.54, 1.807) is 42.4 Å². The first-order valence-corrected chi connectivity index (χ1v) is 9.36. The molecule has 0 radical (unpaired) electrons. The van der Waals surface area contributed by atoms with E-state index in [0.29, 0.717) is 42.8 Å². The molecule has 1 fully saturated rings. The summed E-state index contributed by atoms with van der Waals surface area (Å²) in [6.45, 7) is 4.46. The van der Waals surface area contributed by atoms with E-state index in [-0.39, 0.29) is 17.5 Å². The van der Waals surface area contributed by atoms with Crippen molar-refractivity contribution >= 4 is 17.7 Å². The molecule has 0 N–H and O–H groups in total. The smallest absolute Gasteiger partial charge is 0.337 e. The van der Waals surface area contributed by atoms with Crippen LogP contribution in [0.3, 0.4) is 0 Å². The second-order valence-electron chi connectivity index (χ2n) is 6.86. The van der Waals surface area contributed by atoms with Crippen molar-refractivity contribution in [1.82, 2.24) is 9.88 Å². The molecule has 0 aliphatic carbocycles. The van der Waals surface area contributed by atoms with Gasteiger partial charge in [-0.3, -0.25) is 14.8 Å². The zero-order valence-electron chi connectivity index (χ0n) is 16.1. The van der Waals surface area contributed by atoms with E-state index in [2.05, 4.69) is 16.6 Å². The Morgan fingerprint density at radius 2 is 1.90 bits per heavy atom. The summed E-state index contributed by atoms with van der Waals surface area (Å²) < 4.78 is 40.0. The van der Waals surface area contributed by atoms with Crippen molar-refractivity contribution in [2.75, 3.05) is 20.1 Å². The number of amides is 1. The van der Waals surface area contributed by atoms with Crippen molar-refractivity contribution in [3.8, 4) is 0 Å². The molecule has 1 amide bonds. The van der Waals surface area contributed by atoms with Crippen LogP contribution in [0.5, 0.6) is 0 Å². The molecule has 4 nitrogen and oxygen atoms in total. The number of alkyl halides is 3. The van der Waals surface area contributed by atoms with Crippen LogP contribution in [-0.2, 0) is 11.0 Å². The fourth-order valence-corrected chi connectivity index (χ4v) is 3.77.